The standard InChI is InChI=1S/C16H13N3O3/c1-21-14-7-12(8-15(22-2)16(14)20)10-18-19-13-5-3-11(9-17)4-6-13/h3-8,10H,1-2H3. The number of hydrogen-bond donors (Lipinski definition) is 0. The molecule has 0 aliphatic heterocycles. The Kier molecular flexibility index (Phi) is 4.83. The maximum Gasteiger partial charge on any atom is 0.261 e. The Hall–Kier alpha value is -3.20. The van der Waals surface area contributed by atoms with Gasteiger partial charge >= 0.3 is 0 Å². The molecule has 1 aliphatic carbocycles. The molecule has 0 fully saturated rings. The fourth-order valence-corrected chi connectivity index (χ4v) is 1.74. The third-order valence-electron chi connectivity index (χ3n) is 2.86. The SMILES string of the molecule is COC1=CC(=CN=Nc2ccc(C#N)cc2)C=C(OC)C1=O. The Morgan fingerprint density at radius 1 is 1.09 bits per heavy atom. The van der Waals surface area contributed by atoms with Crippen molar-refractivity contribution in [2.24, 2.45) is 10.2 Å². The number of rotatable bonds is 4. The van der Waals surface area contributed by atoms with Gasteiger partial charge < -0.3 is 9.47 Å². The van der Waals surface area contributed by atoms with E-state index < -0.39 is 0 Å². The van der Waals surface area contributed by atoms with E-state index in [-0.39, 0.29) is 17.3 Å². The van der Waals surface area contributed by atoms with Gasteiger partial charge in [-0.15, -0.1) is 0 Å². The summed E-state index contributed by atoms with van der Waals surface area (Å²) in [7, 11) is 2.83. The van der Waals surface area contributed by atoms with E-state index in [1.54, 1.807) is 36.4 Å². The third kappa shape index (κ3) is 3.46. The quantitative estimate of drug-likeness (QED) is 0.798. The summed E-state index contributed by atoms with van der Waals surface area (Å²) in [5.41, 5.74) is 1.81. The lowest BCUT2D eigenvalue weighted by Gasteiger charge is -2.12. The molecular weight excluding hydrogens is 282 g/mol. The topological polar surface area (TPSA) is 84.0 Å². The molecule has 6 heteroatoms. The van der Waals surface area contributed by atoms with Crippen LogP contribution >= 0.6 is 0 Å². The first-order valence-corrected chi connectivity index (χ1v) is 6.35. The summed E-state index contributed by atoms with van der Waals surface area (Å²) in [6.07, 6.45) is 4.61. The first kappa shape index (κ1) is 15.2. The number of carbonyl (C=O) groups is 1. The van der Waals surface area contributed by atoms with Gasteiger partial charge in [-0.25, -0.2) is 0 Å². The molecule has 0 bridgehead atoms. The van der Waals surface area contributed by atoms with Crippen LogP contribution in [0.2, 0.25) is 0 Å². The maximum absolute atomic E-state index is 11.8. The summed E-state index contributed by atoms with van der Waals surface area (Å²) in [4.78, 5) is 11.8. The highest BCUT2D eigenvalue weighted by Gasteiger charge is 2.21. The van der Waals surface area contributed by atoms with Crippen molar-refractivity contribution in [2.45, 2.75) is 0 Å². The molecule has 110 valence electrons. The van der Waals surface area contributed by atoms with Crippen molar-refractivity contribution >= 4 is 11.5 Å². The van der Waals surface area contributed by atoms with E-state index in [4.69, 9.17) is 14.7 Å². The molecule has 0 heterocycles. The van der Waals surface area contributed by atoms with Crippen LogP contribution in [0.25, 0.3) is 0 Å². The largest absolute Gasteiger partial charge is 0.492 e. The van der Waals surface area contributed by atoms with E-state index in [2.05, 4.69) is 10.2 Å². The van der Waals surface area contributed by atoms with E-state index in [9.17, 15) is 4.79 Å². The number of methoxy groups -OCH3 is 2. The Morgan fingerprint density at radius 3 is 2.18 bits per heavy atom. The van der Waals surface area contributed by atoms with Crippen LogP contribution < -0.4 is 0 Å². The van der Waals surface area contributed by atoms with Gasteiger partial charge in [0.05, 0.1) is 37.7 Å². The molecule has 0 radical (unpaired) electrons. The summed E-state index contributed by atoms with van der Waals surface area (Å²) < 4.78 is 10.0. The number of nitrogens with zero attached hydrogens (tertiary/aromatic N) is 3. The number of carbonyl (C=O) groups excluding carboxylic acids is 1. The number of nitriles is 1. The molecule has 2 rings (SSSR count). The second kappa shape index (κ2) is 6.99. The third-order valence-corrected chi connectivity index (χ3v) is 2.86. The minimum absolute atomic E-state index is 0.180. The second-order valence-electron chi connectivity index (χ2n) is 4.26. The van der Waals surface area contributed by atoms with Gasteiger partial charge in [0.1, 0.15) is 0 Å². The van der Waals surface area contributed by atoms with Crippen molar-refractivity contribution in [1.82, 2.24) is 0 Å². The maximum atomic E-state index is 11.8. The summed E-state index contributed by atoms with van der Waals surface area (Å²) in [6, 6.07) is 8.73. The van der Waals surface area contributed by atoms with Crippen LogP contribution in [-0.2, 0) is 14.3 Å². The lowest BCUT2D eigenvalue weighted by atomic mass is 10.1. The Bertz CT molecular complexity index is 709. The number of benzene rings is 1. The molecule has 1 aliphatic rings. The van der Waals surface area contributed by atoms with Crippen molar-refractivity contribution < 1.29 is 14.3 Å². The van der Waals surface area contributed by atoms with Crippen LogP contribution in [0, 0.1) is 11.3 Å². The minimum Gasteiger partial charge on any atom is -0.492 e. The van der Waals surface area contributed by atoms with Crippen LogP contribution in [0.1, 0.15) is 5.56 Å². The van der Waals surface area contributed by atoms with E-state index >= 15 is 0 Å². The molecule has 0 atom stereocenters. The molecule has 0 N–H and O–H groups in total. The van der Waals surface area contributed by atoms with Crippen LogP contribution in [0.4, 0.5) is 5.69 Å². The van der Waals surface area contributed by atoms with Crippen LogP contribution in [0.3, 0.4) is 0 Å². The van der Waals surface area contributed by atoms with Crippen molar-refractivity contribution in [3.8, 4) is 6.07 Å². The smallest absolute Gasteiger partial charge is 0.261 e. The lowest BCUT2D eigenvalue weighted by Crippen LogP contribution is -2.13. The average Bonchev–Trinajstić information content (AvgIpc) is 2.56. The molecule has 22 heavy (non-hydrogen) atoms. The Morgan fingerprint density at radius 2 is 1.68 bits per heavy atom. The Balaban J connectivity index is 2.19. The van der Waals surface area contributed by atoms with Gasteiger partial charge in [-0.05, 0) is 36.4 Å². The summed E-state index contributed by atoms with van der Waals surface area (Å²) in [5.74, 6) is 0.0459. The van der Waals surface area contributed by atoms with Gasteiger partial charge in [0.15, 0.2) is 11.5 Å². The predicted molar refractivity (Wildman–Crippen MR) is 78.9 cm³/mol. The fraction of sp³-hybridized carbons (Fsp3) is 0.125. The summed E-state index contributed by atoms with van der Waals surface area (Å²) in [6.45, 7) is 0. The molecule has 1 aromatic carbocycles. The number of Topliss-reactive ketones (excluding diaryl/α,β-unsaturated/α-hetero) is 1. The van der Waals surface area contributed by atoms with E-state index in [0.717, 1.165) is 0 Å². The second-order valence-corrected chi connectivity index (χ2v) is 4.26. The van der Waals surface area contributed by atoms with Gasteiger partial charge in [0.2, 0.25) is 0 Å². The van der Waals surface area contributed by atoms with Gasteiger partial charge in [0, 0.05) is 5.57 Å². The van der Waals surface area contributed by atoms with E-state index in [1.165, 1.54) is 20.4 Å². The van der Waals surface area contributed by atoms with Crippen LogP contribution in [-0.4, -0.2) is 20.0 Å². The fourth-order valence-electron chi connectivity index (χ4n) is 1.74. The van der Waals surface area contributed by atoms with E-state index in [1.807, 2.05) is 6.07 Å². The van der Waals surface area contributed by atoms with Crippen molar-refractivity contribution in [1.29, 1.82) is 5.26 Å². The predicted octanol–water partition coefficient (Wildman–Crippen LogP) is 3.17. The number of allylic oxidation sites excluding steroid dienone is 3. The number of ether oxygens (including phenoxy) is 2. The Labute approximate surface area is 127 Å². The molecule has 0 unspecified atom stereocenters. The van der Waals surface area contributed by atoms with E-state index in [0.29, 0.717) is 16.8 Å². The monoisotopic (exact) mass is 295 g/mol. The molecule has 6 nitrogen and oxygen atoms in total. The number of azo groups is 1. The number of hydrogen-bond acceptors (Lipinski definition) is 6. The lowest BCUT2D eigenvalue weighted by molar-refractivity contribution is -0.117. The van der Waals surface area contributed by atoms with Crippen molar-refractivity contribution in [2.75, 3.05) is 14.2 Å². The molecule has 0 saturated carbocycles. The van der Waals surface area contributed by atoms with Gasteiger partial charge in [-0.3, -0.25) is 4.79 Å². The molecule has 1 aromatic rings. The van der Waals surface area contributed by atoms with Crippen molar-refractivity contribution in [3.63, 3.8) is 0 Å². The highest BCUT2D eigenvalue weighted by atomic mass is 16.5. The zero-order chi connectivity index (χ0) is 15.9. The van der Waals surface area contributed by atoms with Gasteiger partial charge in [0.25, 0.3) is 5.78 Å². The van der Waals surface area contributed by atoms with Crippen LogP contribution in [0.15, 0.2) is 69.9 Å². The summed E-state index contributed by atoms with van der Waals surface area (Å²) >= 11 is 0. The first-order chi connectivity index (χ1) is 10.7. The highest BCUT2D eigenvalue weighted by molar-refractivity contribution is 6.07. The van der Waals surface area contributed by atoms with Gasteiger partial charge in [-0.2, -0.15) is 15.5 Å². The van der Waals surface area contributed by atoms with Crippen LogP contribution in [0.5, 0.6) is 0 Å². The normalized spacial score (nSPS) is 14.2. The molecule has 0 aromatic heterocycles. The summed E-state index contributed by atoms with van der Waals surface area (Å²) in [5, 5.41) is 16.7. The highest BCUT2D eigenvalue weighted by Crippen LogP contribution is 2.20. The average molecular weight is 295 g/mol. The molecule has 0 amide bonds. The zero-order valence-corrected chi connectivity index (χ0v) is 12.1. The van der Waals surface area contributed by atoms with Gasteiger partial charge in [-0.1, -0.05) is 0 Å². The minimum atomic E-state index is -0.314. The zero-order valence-electron chi connectivity index (χ0n) is 12.1. The van der Waals surface area contributed by atoms with Crippen molar-refractivity contribution in [3.05, 3.63) is 65.3 Å². The molecule has 0 spiro atoms. The molecule has 0 saturated heterocycles. The first-order valence-electron chi connectivity index (χ1n) is 6.35. The molecular formula is C16H13N3O3. The number of ketones is 1.